The van der Waals surface area contributed by atoms with Crippen LogP contribution in [0.5, 0.6) is 0 Å². The lowest BCUT2D eigenvalue weighted by molar-refractivity contribution is -0.134. The maximum absolute atomic E-state index is 9.55. The highest BCUT2D eigenvalue weighted by molar-refractivity contribution is 7.19. The molecule has 4 N–H and O–H groups in total. The molecule has 0 saturated carbocycles. The zero-order valence-corrected chi connectivity index (χ0v) is 17.5. The number of hydrogen-bond donors (Lipinski definition) is 3. The topological polar surface area (TPSA) is 117 Å². The number of benzene rings is 1. The Labute approximate surface area is 181 Å². The summed E-state index contributed by atoms with van der Waals surface area (Å²) in [5.41, 5.74) is 8.98. The van der Waals surface area contributed by atoms with Gasteiger partial charge < -0.3 is 15.9 Å². The van der Waals surface area contributed by atoms with Crippen molar-refractivity contribution < 1.29 is 19.8 Å². The number of carboxylic acid groups (broad SMARTS) is 2. The average molecular weight is 456 g/mol. The Morgan fingerprint density at radius 2 is 1.79 bits per heavy atom. The zero-order valence-electron chi connectivity index (χ0n) is 15.2. The van der Waals surface area contributed by atoms with Crippen LogP contribution in [0.15, 0.2) is 42.5 Å². The molecular weight excluding hydrogens is 437 g/mol. The number of aliphatic carboxylic acids is 2. The summed E-state index contributed by atoms with van der Waals surface area (Å²) in [4.78, 5) is 25.8. The van der Waals surface area contributed by atoms with E-state index in [-0.39, 0.29) is 0 Å². The number of nitrogens with zero attached hydrogens (tertiary/aromatic N) is 2. The van der Waals surface area contributed by atoms with Gasteiger partial charge in [0.25, 0.3) is 0 Å². The van der Waals surface area contributed by atoms with Crippen molar-refractivity contribution in [3.63, 3.8) is 0 Å². The van der Waals surface area contributed by atoms with Crippen LogP contribution in [0.25, 0.3) is 5.57 Å². The number of aromatic nitrogens is 1. The van der Waals surface area contributed by atoms with Gasteiger partial charge in [0.15, 0.2) is 5.13 Å². The summed E-state index contributed by atoms with van der Waals surface area (Å²) in [5, 5.41) is 16.9. The molecule has 0 aliphatic carbocycles. The first-order chi connectivity index (χ1) is 13.7. The van der Waals surface area contributed by atoms with Crippen LogP contribution in [0, 0.1) is 0 Å². The lowest BCUT2D eigenvalue weighted by Crippen LogP contribution is -2.29. The SMILES string of the molecule is Nc1nc(C2=CCCN(Cc3ccc(Cl)cc3)C2)c(Cl)s1.O=C(O)/C=C/C(=O)O. The predicted octanol–water partition coefficient (Wildman–Crippen LogP) is 4.03. The summed E-state index contributed by atoms with van der Waals surface area (Å²) in [6.45, 7) is 2.76. The summed E-state index contributed by atoms with van der Waals surface area (Å²) in [6, 6.07) is 7.98. The Hall–Kier alpha value is -2.39. The highest BCUT2D eigenvalue weighted by Crippen LogP contribution is 2.33. The third-order valence-corrected chi connectivity index (χ3v) is 5.16. The molecule has 0 radical (unpaired) electrons. The number of anilines is 1. The van der Waals surface area contributed by atoms with Gasteiger partial charge in [0.05, 0.1) is 5.69 Å². The maximum Gasteiger partial charge on any atom is 0.328 e. The van der Waals surface area contributed by atoms with E-state index in [9.17, 15) is 9.59 Å². The molecule has 29 heavy (non-hydrogen) atoms. The van der Waals surface area contributed by atoms with E-state index in [1.807, 2.05) is 12.1 Å². The van der Waals surface area contributed by atoms with Gasteiger partial charge in [0.2, 0.25) is 0 Å². The highest BCUT2D eigenvalue weighted by Gasteiger charge is 2.19. The molecule has 0 unspecified atom stereocenters. The van der Waals surface area contributed by atoms with Crippen molar-refractivity contribution >= 4 is 57.2 Å². The molecule has 3 rings (SSSR count). The van der Waals surface area contributed by atoms with Crippen LogP contribution >= 0.6 is 34.5 Å². The first-order valence-electron chi connectivity index (χ1n) is 8.46. The third kappa shape index (κ3) is 7.86. The quantitative estimate of drug-likeness (QED) is 0.582. The molecule has 0 fully saturated rings. The molecule has 0 spiro atoms. The number of carboxylic acids is 2. The normalized spacial score (nSPS) is 14.2. The summed E-state index contributed by atoms with van der Waals surface area (Å²) in [6.07, 6.45) is 4.32. The molecule has 2 heterocycles. The summed E-state index contributed by atoms with van der Waals surface area (Å²) in [5.74, 6) is -2.51. The molecule has 0 saturated heterocycles. The van der Waals surface area contributed by atoms with Gasteiger partial charge in [-0.15, -0.1) is 0 Å². The van der Waals surface area contributed by atoms with Crippen molar-refractivity contribution in [2.45, 2.75) is 13.0 Å². The van der Waals surface area contributed by atoms with E-state index in [0.717, 1.165) is 42.3 Å². The van der Waals surface area contributed by atoms with Crippen LogP contribution in [-0.2, 0) is 16.1 Å². The molecule has 154 valence electrons. The summed E-state index contributed by atoms with van der Waals surface area (Å²) >= 11 is 13.5. The minimum absolute atomic E-state index is 0.519. The second-order valence-electron chi connectivity index (χ2n) is 6.04. The molecule has 1 aromatic heterocycles. The van der Waals surface area contributed by atoms with Crippen LogP contribution in [0.1, 0.15) is 17.7 Å². The first kappa shape index (κ1) is 22.9. The minimum atomic E-state index is -1.26. The smallest absolute Gasteiger partial charge is 0.328 e. The number of nitrogen functional groups attached to an aromatic ring is 1. The molecule has 1 aliphatic rings. The number of carbonyl (C=O) groups is 2. The standard InChI is InChI=1S/C15H15Cl2N3S.C4H4O4/c16-12-5-3-10(4-6-12)8-20-7-1-2-11(9-20)13-14(17)21-15(18)19-13;5-3(6)1-2-4(7)8/h2-6H,1,7-9H2,(H2,18,19);1-2H,(H,5,6)(H,7,8)/b;2-1+. The van der Waals surface area contributed by atoms with Crippen molar-refractivity contribution in [3.8, 4) is 0 Å². The van der Waals surface area contributed by atoms with E-state index in [4.69, 9.17) is 39.1 Å². The zero-order chi connectivity index (χ0) is 21.4. The molecule has 0 amide bonds. The molecule has 1 aromatic carbocycles. The van der Waals surface area contributed by atoms with Crippen molar-refractivity contribution in [1.29, 1.82) is 0 Å². The van der Waals surface area contributed by atoms with Crippen LogP contribution in [0.2, 0.25) is 9.36 Å². The highest BCUT2D eigenvalue weighted by atomic mass is 35.5. The Kier molecular flexibility index (Phi) is 8.66. The van der Waals surface area contributed by atoms with E-state index in [1.165, 1.54) is 16.9 Å². The monoisotopic (exact) mass is 455 g/mol. The second kappa shape index (κ2) is 11.0. The number of thiazole rings is 1. The Balaban J connectivity index is 0.000000321. The van der Waals surface area contributed by atoms with Gasteiger partial charge >= 0.3 is 11.9 Å². The van der Waals surface area contributed by atoms with E-state index in [2.05, 4.69) is 28.1 Å². The molecule has 7 nitrogen and oxygen atoms in total. The predicted molar refractivity (Wildman–Crippen MR) is 115 cm³/mol. The van der Waals surface area contributed by atoms with Gasteiger partial charge in [-0.2, -0.15) is 0 Å². The number of rotatable bonds is 5. The van der Waals surface area contributed by atoms with E-state index in [0.29, 0.717) is 21.6 Å². The molecule has 10 heteroatoms. The number of nitrogens with two attached hydrogens (primary N) is 1. The number of hydrogen-bond acceptors (Lipinski definition) is 6. The van der Waals surface area contributed by atoms with Crippen LogP contribution in [-0.4, -0.2) is 45.1 Å². The van der Waals surface area contributed by atoms with Gasteiger partial charge in [-0.05, 0) is 29.7 Å². The first-order valence-corrected chi connectivity index (χ1v) is 10.0. The largest absolute Gasteiger partial charge is 0.478 e. The van der Waals surface area contributed by atoms with Gasteiger partial charge in [0, 0.05) is 36.8 Å². The van der Waals surface area contributed by atoms with E-state index >= 15 is 0 Å². The number of halogens is 2. The van der Waals surface area contributed by atoms with E-state index in [1.54, 1.807) is 0 Å². The lowest BCUT2D eigenvalue weighted by atomic mass is 10.1. The van der Waals surface area contributed by atoms with Crippen LogP contribution in [0.3, 0.4) is 0 Å². The van der Waals surface area contributed by atoms with E-state index < -0.39 is 11.9 Å². The van der Waals surface area contributed by atoms with Crippen molar-refractivity contribution in [2.24, 2.45) is 0 Å². The van der Waals surface area contributed by atoms with Crippen LogP contribution in [0.4, 0.5) is 5.13 Å². The third-order valence-electron chi connectivity index (χ3n) is 3.82. The van der Waals surface area contributed by atoms with Gasteiger partial charge in [0.1, 0.15) is 4.34 Å². The summed E-state index contributed by atoms with van der Waals surface area (Å²) in [7, 11) is 0. The van der Waals surface area contributed by atoms with Crippen molar-refractivity contribution in [1.82, 2.24) is 9.88 Å². The summed E-state index contributed by atoms with van der Waals surface area (Å²) < 4.78 is 0.673. The van der Waals surface area contributed by atoms with Gasteiger partial charge in [-0.25, -0.2) is 14.6 Å². The lowest BCUT2D eigenvalue weighted by Gasteiger charge is -2.26. The fraction of sp³-hybridized carbons (Fsp3) is 0.211. The Bertz CT molecular complexity index is 910. The maximum atomic E-state index is 9.55. The van der Waals surface area contributed by atoms with Crippen LogP contribution < -0.4 is 5.73 Å². The van der Waals surface area contributed by atoms with Gasteiger partial charge in [-0.3, -0.25) is 4.90 Å². The van der Waals surface area contributed by atoms with Crippen molar-refractivity contribution in [3.05, 3.63) is 63.1 Å². The fourth-order valence-electron chi connectivity index (χ4n) is 2.62. The fourth-order valence-corrected chi connectivity index (χ4v) is 3.74. The Morgan fingerprint density at radius 3 is 2.31 bits per heavy atom. The molecule has 0 bridgehead atoms. The molecule has 0 atom stereocenters. The average Bonchev–Trinajstić information content (AvgIpc) is 3.01. The molecule has 1 aliphatic heterocycles. The molecule has 2 aromatic rings. The van der Waals surface area contributed by atoms with Gasteiger partial charge in [-0.1, -0.05) is 52.7 Å². The van der Waals surface area contributed by atoms with Crippen molar-refractivity contribution in [2.75, 3.05) is 18.8 Å². The minimum Gasteiger partial charge on any atom is -0.478 e. The molecular formula is C19H19Cl2N3O4S. The second-order valence-corrected chi connectivity index (χ2v) is 8.11. The Morgan fingerprint density at radius 1 is 1.17 bits per heavy atom.